The van der Waals surface area contributed by atoms with Crippen LogP contribution in [0.3, 0.4) is 0 Å². The maximum atomic E-state index is 12.1. The van der Waals surface area contributed by atoms with Gasteiger partial charge in [-0.25, -0.2) is 9.97 Å². The Labute approximate surface area is 135 Å². The lowest BCUT2D eigenvalue weighted by atomic mass is 10.0. The molecule has 2 aliphatic rings. The minimum Gasteiger partial charge on any atom is -0.487 e. The molecule has 5 heteroatoms. The van der Waals surface area contributed by atoms with Gasteiger partial charge in [0, 0.05) is 35.4 Å². The van der Waals surface area contributed by atoms with E-state index in [2.05, 4.69) is 21.4 Å². The van der Waals surface area contributed by atoms with Crippen LogP contribution < -0.4 is 10.1 Å². The van der Waals surface area contributed by atoms with E-state index in [1.165, 1.54) is 11.9 Å². The lowest BCUT2D eigenvalue weighted by Gasteiger charge is -2.15. The van der Waals surface area contributed by atoms with Crippen molar-refractivity contribution >= 4 is 5.91 Å². The molecule has 4 rings (SSSR count). The van der Waals surface area contributed by atoms with Crippen LogP contribution in [-0.4, -0.2) is 28.5 Å². The second kappa shape index (κ2) is 5.33. The molecule has 0 radical (unpaired) electrons. The summed E-state index contributed by atoms with van der Waals surface area (Å²) in [6, 6.07) is 6.12. The number of carbonyl (C=O) groups excluding carboxylic acids is 1. The van der Waals surface area contributed by atoms with Crippen molar-refractivity contribution in [2.75, 3.05) is 6.54 Å². The largest absolute Gasteiger partial charge is 0.487 e. The zero-order chi connectivity index (χ0) is 15.9. The zero-order valence-corrected chi connectivity index (χ0v) is 13.1. The molecule has 0 unspecified atom stereocenters. The van der Waals surface area contributed by atoms with Crippen molar-refractivity contribution in [2.45, 2.75) is 32.3 Å². The molecule has 1 aliphatic heterocycles. The second-order valence-electron chi connectivity index (χ2n) is 6.64. The molecule has 2 heterocycles. The Kier molecular flexibility index (Phi) is 3.29. The molecule has 0 saturated heterocycles. The molecule has 1 fully saturated rings. The summed E-state index contributed by atoms with van der Waals surface area (Å²) in [6.45, 7) is 2.56. The Balaban J connectivity index is 1.48. The van der Waals surface area contributed by atoms with Crippen LogP contribution in [0.5, 0.6) is 5.75 Å². The first-order valence-corrected chi connectivity index (χ1v) is 7.98. The highest BCUT2D eigenvalue weighted by Crippen LogP contribution is 2.45. The van der Waals surface area contributed by atoms with Gasteiger partial charge in [0.2, 0.25) is 5.91 Å². The molecule has 1 atom stereocenters. The van der Waals surface area contributed by atoms with Gasteiger partial charge in [-0.2, -0.15) is 0 Å². The third-order valence-electron chi connectivity index (χ3n) is 4.74. The van der Waals surface area contributed by atoms with Crippen LogP contribution in [-0.2, 0) is 11.2 Å². The molecule has 1 aromatic heterocycles. The summed E-state index contributed by atoms with van der Waals surface area (Å²) in [6.07, 6.45) is 7.87. The van der Waals surface area contributed by atoms with Gasteiger partial charge < -0.3 is 10.1 Å². The summed E-state index contributed by atoms with van der Waals surface area (Å²) >= 11 is 0. The molecular formula is C18H19N3O2. The number of benzene rings is 1. The van der Waals surface area contributed by atoms with E-state index in [4.69, 9.17) is 4.74 Å². The number of carbonyl (C=O) groups is 1. The first kappa shape index (κ1) is 14.2. The number of fused-ring (bicyclic) bond motifs is 1. The average molecular weight is 309 g/mol. The molecule has 1 aromatic carbocycles. The van der Waals surface area contributed by atoms with Crippen molar-refractivity contribution in [3.8, 4) is 16.9 Å². The zero-order valence-electron chi connectivity index (χ0n) is 13.1. The smallest absolute Gasteiger partial charge is 0.226 e. The summed E-state index contributed by atoms with van der Waals surface area (Å²) in [5, 5.41) is 3.03. The van der Waals surface area contributed by atoms with E-state index < -0.39 is 0 Å². The topological polar surface area (TPSA) is 64.1 Å². The van der Waals surface area contributed by atoms with Crippen LogP contribution >= 0.6 is 0 Å². The third-order valence-corrected chi connectivity index (χ3v) is 4.74. The quantitative estimate of drug-likeness (QED) is 0.941. The average Bonchev–Trinajstić information content (AvgIpc) is 3.20. The van der Waals surface area contributed by atoms with Gasteiger partial charge >= 0.3 is 0 Å². The number of hydrogen-bond donors (Lipinski definition) is 1. The minimum atomic E-state index is -0.141. The van der Waals surface area contributed by atoms with Gasteiger partial charge in [-0.3, -0.25) is 4.79 Å². The Hall–Kier alpha value is -2.43. The number of hydrogen-bond acceptors (Lipinski definition) is 4. The van der Waals surface area contributed by atoms with E-state index in [0.717, 1.165) is 36.1 Å². The standard InChI is InChI=1S/C18H19N3O2/c1-18(5-6-18)17(22)21-10-14-7-12-3-2-4-15(16(12)23-14)13-8-19-11-20-9-13/h2-4,8-9,11,14H,5-7,10H2,1H3,(H,21,22)/t14-/m1/s1. The molecular weight excluding hydrogens is 290 g/mol. The molecule has 23 heavy (non-hydrogen) atoms. The highest BCUT2D eigenvalue weighted by atomic mass is 16.5. The number of rotatable bonds is 4. The predicted molar refractivity (Wildman–Crippen MR) is 85.9 cm³/mol. The summed E-state index contributed by atoms with van der Waals surface area (Å²) in [4.78, 5) is 20.2. The maximum absolute atomic E-state index is 12.1. The van der Waals surface area contributed by atoms with Gasteiger partial charge in [-0.05, 0) is 18.4 Å². The number of amides is 1. The number of aromatic nitrogens is 2. The number of ether oxygens (including phenoxy) is 1. The van der Waals surface area contributed by atoms with Gasteiger partial charge in [0.1, 0.15) is 18.2 Å². The Morgan fingerprint density at radius 2 is 2.13 bits per heavy atom. The van der Waals surface area contributed by atoms with Crippen molar-refractivity contribution in [3.63, 3.8) is 0 Å². The predicted octanol–water partition coefficient (Wildman–Crippen LogP) is 2.36. The van der Waals surface area contributed by atoms with E-state index in [1.54, 1.807) is 12.4 Å². The molecule has 0 spiro atoms. The second-order valence-corrected chi connectivity index (χ2v) is 6.64. The van der Waals surface area contributed by atoms with Crippen LogP contribution in [0.2, 0.25) is 0 Å². The van der Waals surface area contributed by atoms with Gasteiger partial charge in [0.25, 0.3) is 0 Å². The Bertz CT molecular complexity index is 741. The van der Waals surface area contributed by atoms with Gasteiger partial charge in [-0.1, -0.05) is 25.1 Å². The fourth-order valence-corrected chi connectivity index (χ4v) is 2.95. The van der Waals surface area contributed by atoms with Crippen LogP contribution in [0.4, 0.5) is 0 Å². The first-order valence-electron chi connectivity index (χ1n) is 7.98. The summed E-state index contributed by atoms with van der Waals surface area (Å²) in [7, 11) is 0. The summed E-state index contributed by atoms with van der Waals surface area (Å²) in [5.74, 6) is 1.04. The van der Waals surface area contributed by atoms with Crippen LogP contribution in [0.25, 0.3) is 11.1 Å². The Morgan fingerprint density at radius 1 is 1.35 bits per heavy atom. The van der Waals surface area contributed by atoms with Crippen molar-refractivity contribution < 1.29 is 9.53 Å². The number of para-hydroxylation sites is 1. The van der Waals surface area contributed by atoms with Crippen molar-refractivity contribution in [1.82, 2.24) is 15.3 Å². The number of nitrogens with zero attached hydrogens (tertiary/aromatic N) is 2. The van der Waals surface area contributed by atoms with Crippen LogP contribution in [0, 0.1) is 5.41 Å². The minimum absolute atomic E-state index is 0.0120. The normalized spacial score (nSPS) is 20.5. The molecule has 0 bridgehead atoms. The van der Waals surface area contributed by atoms with E-state index in [-0.39, 0.29) is 17.4 Å². The van der Waals surface area contributed by atoms with E-state index >= 15 is 0 Å². The summed E-state index contributed by atoms with van der Waals surface area (Å²) in [5.41, 5.74) is 2.98. The summed E-state index contributed by atoms with van der Waals surface area (Å²) < 4.78 is 6.11. The lowest BCUT2D eigenvalue weighted by Crippen LogP contribution is -2.38. The van der Waals surface area contributed by atoms with Gasteiger partial charge in [-0.15, -0.1) is 0 Å². The SMILES string of the molecule is CC1(C(=O)NC[C@H]2Cc3cccc(-c4cncnc4)c3O2)CC1. The third kappa shape index (κ3) is 2.67. The molecule has 1 aliphatic carbocycles. The van der Waals surface area contributed by atoms with Crippen LogP contribution in [0.1, 0.15) is 25.3 Å². The fourth-order valence-electron chi connectivity index (χ4n) is 2.95. The van der Waals surface area contributed by atoms with Crippen molar-refractivity contribution in [1.29, 1.82) is 0 Å². The molecule has 1 amide bonds. The maximum Gasteiger partial charge on any atom is 0.226 e. The fraction of sp³-hybridized carbons (Fsp3) is 0.389. The molecule has 2 aromatic rings. The van der Waals surface area contributed by atoms with Crippen molar-refractivity contribution in [2.24, 2.45) is 5.41 Å². The first-order chi connectivity index (χ1) is 11.2. The molecule has 118 valence electrons. The van der Waals surface area contributed by atoms with Crippen LogP contribution in [0.15, 0.2) is 36.9 Å². The van der Waals surface area contributed by atoms with E-state index in [9.17, 15) is 4.79 Å². The molecule has 5 nitrogen and oxygen atoms in total. The van der Waals surface area contributed by atoms with Gasteiger partial charge in [0.05, 0.1) is 6.54 Å². The highest BCUT2D eigenvalue weighted by Gasteiger charge is 2.45. The lowest BCUT2D eigenvalue weighted by molar-refractivity contribution is -0.126. The Morgan fingerprint density at radius 3 is 2.87 bits per heavy atom. The highest BCUT2D eigenvalue weighted by molar-refractivity contribution is 5.84. The molecule has 1 N–H and O–H groups in total. The molecule has 1 saturated carbocycles. The monoisotopic (exact) mass is 309 g/mol. The van der Waals surface area contributed by atoms with Crippen molar-refractivity contribution in [3.05, 3.63) is 42.5 Å². The van der Waals surface area contributed by atoms with E-state index in [0.29, 0.717) is 6.54 Å². The number of nitrogens with one attached hydrogen (secondary N) is 1. The van der Waals surface area contributed by atoms with Gasteiger partial charge in [0.15, 0.2) is 0 Å². The van der Waals surface area contributed by atoms with E-state index in [1.807, 2.05) is 19.1 Å².